The predicted octanol–water partition coefficient (Wildman–Crippen LogP) is 3.20. The SMILES string of the molecule is O=C(NCc1ccc(Cl)cc1)c1cnc2c(F)cc(CC#CCO)cc2c1O. The molecule has 0 saturated carbocycles. The summed E-state index contributed by atoms with van der Waals surface area (Å²) in [5.74, 6) is 3.65. The number of fused-ring (bicyclic) bond motifs is 1. The molecule has 1 amide bonds. The Morgan fingerprint density at radius 2 is 1.93 bits per heavy atom. The number of aliphatic hydroxyl groups is 1. The van der Waals surface area contributed by atoms with E-state index in [-0.39, 0.29) is 41.8 Å². The zero-order chi connectivity index (χ0) is 20.1. The molecule has 3 aromatic rings. The van der Waals surface area contributed by atoms with Gasteiger partial charge in [-0.2, -0.15) is 0 Å². The number of carbonyl (C=O) groups is 1. The lowest BCUT2D eigenvalue weighted by atomic mass is 10.0. The maximum atomic E-state index is 14.3. The van der Waals surface area contributed by atoms with Gasteiger partial charge in [-0.25, -0.2) is 4.39 Å². The summed E-state index contributed by atoms with van der Waals surface area (Å²) in [4.78, 5) is 16.4. The van der Waals surface area contributed by atoms with Gasteiger partial charge < -0.3 is 15.5 Å². The molecule has 142 valence electrons. The second-order valence-corrected chi connectivity index (χ2v) is 6.43. The van der Waals surface area contributed by atoms with E-state index >= 15 is 0 Å². The summed E-state index contributed by atoms with van der Waals surface area (Å²) in [5.41, 5.74) is 1.24. The second-order valence-electron chi connectivity index (χ2n) is 5.99. The quantitative estimate of drug-likeness (QED) is 0.589. The summed E-state index contributed by atoms with van der Waals surface area (Å²) in [6, 6.07) is 9.76. The molecule has 3 N–H and O–H groups in total. The van der Waals surface area contributed by atoms with E-state index in [1.54, 1.807) is 24.3 Å². The molecule has 0 aliphatic carbocycles. The Balaban J connectivity index is 1.87. The van der Waals surface area contributed by atoms with Crippen LogP contribution in [0, 0.1) is 17.7 Å². The molecule has 0 spiro atoms. The molecule has 28 heavy (non-hydrogen) atoms. The Bertz CT molecular complexity index is 1090. The van der Waals surface area contributed by atoms with Crippen LogP contribution < -0.4 is 5.32 Å². The smallest absolute Gasteiger partial charge is 0.256 e. The molecule has 1 heterocycles. The lowest BCUT2D eigenvalue weighted by Gasteiger charge is -2.10. The Morgan fingerprint density at radius 1 is 1.18 bits per heavy atom. The highest BCUT2D eigenvalue weighted by molar-refractivity contribution is 6.30. The Hall–Kier alpha value is -3.14. The highest BCUT2D eigenvalue weighted by Crippen LogP contribution is 2.30. The second kappa shape index (κ2) is 8.70. The van der Waals surface area contributed by atoms with Gasteiger partial charge in [-0.3, -0.25) is 9.78 Å². The maximum absolute atomic E-state index is 14.3. The number of rotatable bonds is 4. The monoisotopic (exact) mass is 398 g/mol. The van der Waals surface area contributed by atoms with Gasteiger partial charge in [0.15, 0.2) is 0 Å². The zero-order valence-corrected chi connectivity index (χ0v) is 15.4. The summed E-state index contributed by atoms with van der Waals surface area (Å²) < 4.78 is 14.3. The number of aliphatic hydroxyl groups excluding tert-OH is 1. The first-order valence-corrected chi connectivity index (χ1v) is 8.76. The van der Waals surface area contributed by atoms with E-state index in [2.05, 4.69) is 22.1 Å². The number of nitrogens with one attached hydrogen (secondary N) is 1. The highest BCUT2D eigenvalue weighted by atomic mass is 35.5. The van der Waals surface area contributed by atoms with Crippen LogP contribution in [-0.4, -0.2) is 27.7 Å². The van der Waals surface area contributed by atoms with Gasteiger partial charge in [0.2, 0.25) is 0 Å². The van der Waals surface area contributed by atoms with Crippen LogP contribution in [0.2, 0.25) is 5.02 Å². The number of aromatic nitrogens is 1. The minimum absolute atomic E-state index is 0.0365. The molecule has 0 saturated heterocycles. The normalized spacial score (nSPS) is 10.4. The van der Waals surface area contributed by atoms with E-state index in [0.29, 0.717) is 10.6 Å². The first-order valence-electron chi connectivity index (χ1n) is 8.39. The molecule has 5 nitrogen and oxygen atoms in total. The molecule has 2 aromatic carbocycles. The van der Waals surface area contributed by atoms with Crippen molar-refractivity contribution in [3.05, 3.63) is 70.1 Å². The maximum Gasteiger partial charge on any atom is 0.256 e. The van der Waals surface area contributed by atoms with Crippen molar-refractivity contribution in [2.45, 2.75) is 13.0 Å². The van der Waals surface area contributed by atoms with E-state index in [1.807, 2.05) is 0 Å². The fourth-order valence-corrected chi connectivity index (χ4v) is 2.80. The molecule has 3 rings (SSSR count). The number of nitrogens with zero attached hydrogens (tertiary/aromatic N) is 1. The average molecular weight is 399 g/mol. The van der Waals surface area contributed by atoms with Crippen LogP contribution in [0.1, 0.15) is 21.5 Å². The van der Waals surface area contributed by atoms with Crippen LogP contribution in [-0.2, 0) is 13.0 Å². The Kier molecular flexibility index (Phi) is 6.09. The summed E-state index contributed by atoms with van der Waals surface area (Å²) in [6.45, 7) is -0.0561. The van der Waals surface area contributed by atoms with Crippen LogP contribution in [0.3, 0.4) is 0 Å². The Morgan fingerprint density at radius 3 is 2.64 bits per heavy atom. The molecular formula is C21H16ClFN2O3. The number of hydrogen-bond donors (Lipinski definition) is 3. The zero-order valence-electron chi connectivity index (χ0n) is 14.7. The summed E-state index contributed by atoms with van der Waals surface area (Å²) in [6.07, 6.45) is 1.34. The largest absolute Gasteiger partial charge is 0.506 e. The summed E-state index contributed by atoms with van der Waals surface area (Å²) in [7, 11) is 0. The third kappa shape index (κ3) is 4.39. The third-order valence-electron chi connectivity index (χ3n) is 4.06. The van der Waals surface area contributed by atoms with Crippen LogP contribution in [0.4, 0.5) is 4.39 Å². The van der Waals surface area contributed by atoms with Crippen molar-refractivity contribution in [1.82, 2.24) is 10.3 Å². The average Bonchev–Trinajstić information content (AvgIpc) is 2.68. The van der Waals surface area contributed by atoms with E-state index in [0.717, 1.165) is 11.8 Å². The van der Waals surface area contributed by atoms with Gasteiger partial charge in [0, 0.05) is 29.6 Å². The summed E-state index contributed by atoms with van der Waals surface area (Å²) in [5, 5.41) is 22.6. The predicted molar refractivity (Wildman–Crippen MR) is 105 cm³/mol. The number of aromatic hydroxyl groups is 1. The van der Waals surface area contributed by atoms with E-state index in [1.165, 1.54) is 12.1 Å². The van der Waals surface area contributed by atoms with Gasteiger partial charge in [0.05, 0.1) is 0 Å². The molecule has 0 aliphatic heterocycles. The van der Waals surface area contributed by atoms with Crippen molar-refractivity contribution in [3.8, 4) is 17.6 Å². The van der Waals surface area contributed by atoms with Gasteiger partial charge in [-0.1, -0.05) is 35.6 Å². The van der Waals surface area contributed by atoms with Crippen molar-refractivity contribution in [2.75, 3.05) is 6.61 Å². The number of amides is 1. The van der Waals surface area contributed by atoms with Gasteiger partial charge in [0.1, 0.15) is 29.3 Å². The standard InChI is InChI=1S/C21H16ClFN2O3/c22-15-6-4-13(5-7-15)11-25-21(28)17-12-24-19-16(20(17)27)9-14(10-18(19)23)3-1-2-8-26/h4-7,9-10,12,26H,3,8,11H2,(H,24,27)(H,25,28). The number of pyridine rings is 1. The fourth-order valence-electron chi connectivity index (χ4n) is 2.67. The highest BCUT2D eigenvalue weighted by Gasteiger charge is 2.17. The topological polar surface area (TPSA) is 82.5 Å². The molecule has 0 bridgehead atoms. The third-order valence-corrected chi connectivity index (χ3v) is 4.32. The number of benzene rings is 2. The number of hydrogen-bond acceptors (Lipinski definition) is 4. The number of carbonyl (C=O) groups excluding carboxylic acids is 1. The van der Waals surface area contributed by atoms with E-state index in [4.69, 9.17) is 16.7 Å². The molecule has 0 unspecified atom stereocenters. The number of halogens is 2. The lowest BCUT2D eigenvalue weighted by Crippen LogP contribution is -2.23. The van der Waals surface area contributed by atoms with Gasteiger partial charge in [-0.15, -0.1) is 0 Å². The fraction of sp³-hybridized carbons (Fsp3) is 0.143. The molecule has 0 atom stereocenters. The first-order chi connectivity index (χ1) is 13.5. The molecule has 1 aromatic heterocycles. The van der Waals surface area contributed by atoms with Crippen molar-refractivity contribution in [2.24, 2.45) is 0 Å². The van der Waals surface area contributed by atoms with E-state index in [9.17, 15) is 14.3 Å². The lowest BCUT2D eigenvalue weighted by molar-refractivity contribution is 0.0948. The molecular weight excluding hydrogens is 383 g/mol. The van der Waals surface area contributed by atoms with Gasteiger partial charge in [0.25, 0.3) is 5.91 Å². The molecule has 0 radical (unpaired) electrons. The molecule has 0 fully saturated rings. The first kappa shape index (κ1) is 19.6. The van der Waals surface area contributed by atoms with Crippen LogP contribution in [0.25, 0.3) is 10.9 Å². The van der Waals surface area contributed by atoms with Crippen LogP contribution in [0.15, 0.2) is 42.6 Å². The van der Waals surface area contributed by atoms with Crippen molar-refractivity contribution in [3.63, 3.8) is 0 Å². The van der Waals surface area contributed by atoms with E-state index < -0.39 is 11.7 Å². The summed E-state index contributed by atoms with van der Waals surface area (Å²) >= 11 is 5.83. The van der Waals surface area contributed by atoms with Crippen molar-refractivity contribution < 1.29 is 19.4 Å². The molecule has 0 aliphatic rings. The van der Waals surface area contributed by atoms with Crippen LogP contribution >= 0.6 is 11.6 Å². The van der Waals surface area contributed by atoms with Gasteiger partial charge in [-0.05, 0) is 35.4 Å². The molecule has 7 heteroatoms. The minimum atomic E-state index is -0.623. The van der Waals surface area contributed by atoms with Gasteiger partial charge >= 0.3 is 0 Å². The van der Waals surface area contributed by atoms with Crippen molar-refractivity contribution in [1.29, 1.82) is 0 Å². The van der Waals surface area contributed by atoms with Crippen LogP contribution in [0.5, 0.6) is 5.75 Å². The van der Waals surface area contributed by atoms with Crippen molar-refractivity contribution >= 4 is 28.4 Å². The Labute approximate surface area is 165 Å². The minimum Gasteiger partial charge on any atom is -0.506 e.